The van der Waals surface area contributed by atoms with Crippen LogP contribution in [-0.2, 0) is 19.4 Å². The third-order valence-corrected chi connectivity index (χ3v) is 4.88. The van der Waals surface area contributed by atoms with Crippen LogP contribution in [0.2, 0.25) is 0 Å². The molecule has 1 atom stereocenters. The minimum atomic E-state index is -3.73. The zero-order chi connectivity index (χ0) is 15.0. The lowest BCUT2D eigenvalue weighted by Crippen LogP contribution is -2.31. The molecule has 0 aliphatic carbocycles. The van der Waals surface area contributed by atoms with Gasteiger partial charge in [0, 0.05) is 0 Å². The van der Waals surface area contributed by atoms with Crippen LogP contribution in [0.5, 0.6) is 0 Å². The molecule has 1 aromatic rings. The Morgan fingerprint density at radius 3 is 2.55 bits per heavy atom. The van der Waals surface area contributed by atoms with Gasteiger partial charge >= 0.3 is 5.97 Å². The van der Waals surface area contributed by atoms with E-state index < -0.39 is 21.1 Å². The number of sulfone groups is 1. The number of ether oxygens (including phenoxy) is 1. The molecule has 0 N–H and O–H groups in total. The number of benzene rings is 1. The van der Waals surface area contributed by atoms with Crippen molar-refractivity contribution in [3.8, 4) is 0 Å². The third-order valence-electron chi connectivity index (χ3n) is 2.78. The maximum atomic E-state index is 12.5. The first-order valence-electron chi connectivity index (χ1n) is 6.18. The van der Waals surface area contributed by atoms with Gasteiger partial charge in [0.15, 0.2) is 15.1 Å². The highest BCUT2D eigenvalue weighted by molar-refractivity contribution is 7.92. The van der Waals surface area contributed by atoms with E-state index in [2.05, 4.69) is 11.3 Å². The molecule has 0 bridgehead atoms. The number of allylic oxidation sites excluding steroid dienone is 3. The van der Waals surface area contributed by atoms with Crippen molar-refractivity contribution >= 4 is 15.8 Å². The summed E-state index contributed by atoms with van der Waals surface area (Å²) >= 11 is 0. The van der Waals surface area contributed by atoms with Gasteiger partial charge in [-0.3, -0.25) is 4.79 Å². The van der Waals surface area contributed by atoms with Crippen LogP contribution in [0.15, 0.2) is 60.0 Å². The lowest BCUT2D eigenvalue weighted by molar-refractivity contribution is -0.140. The van der Waals surface area contributed by atoms with E-state index >= 15 is 0 Å². The summed E-state index contributed by atoms with van der Waals surface area (Å²) in [5, 5.41) is -1.19. The van der Waals surface area contributed by atoms with Crippen molar-refractivity contribution in [2.45, 2.75) is 23.0 Å². The lowest BCUT2D eigenvalue weighted by Gasteiger charge is -2.14. The first kappa shape index (κ1) is 16.2. The van der Waals surface area contributed by atoms with E-state index in [1.54, 1.807) is 36.4 Å². The molecule has 0 spiro atoms. The summed E-state index contributed by atoms with van der Waals surface area (Å²) in [5.74, 6) is -0.735. The van der Waals surface area contributed by atoms with Gasteiger partial charge in [-0.1, -0.05) is 43.0 Å². The Morgan fingerprint density at radius 1 is 1.35 bits per heavy atom. The molecule has 0 saturated carbocycles. The molecular formula is C15H18O4S. The van der Waals surface area contributed by atoms with Crippen molar-refractivity contribution < 1.29 is 17.9 Å². The molecule has 0 heterocycles. The minimum Gasteiger partial charge on any atom is -0.468 e. The zero-order valence-corrected chi connectivity index (χ0v) is 12.2. The topological polar surface area (TPSA) is 60.4 Å². The van der Waals surface area contributed by atoms with Gasteiger partial charge in [0.2, 0.25) is 0 Å². The molecule has 0 aliphatic heterocycles. The van der Waals surface area contributed by atoms with Crippen LogP contribution in [0.25, 0.3) is 0 Å². The number of esters is 1. The second-order valence-electron chi connectivity index (χ2n) is 4.11. The Bertz CT molecular complexity index is 573. The van der Waals surface area contributed by atoms with Crippen molar-refractivity contribution in [2.24, 2.45) is 0 Å². The number of hydrogen-bond acceptors (Lipinski definition) is 4. The monoisotopic (exact) mass is 294 g/mol. The van der Waals surface area contributed by atoms with Crippen LogP contribution in [0.1, 0.15) is 12.8 Å². The Balaban J connectivity index is 3.01. The van der Waals surface area contributed by atoms with Gasteiger partial charge in [-0.25, -0.2) is 8.42 Å². The van der Waals surface area contributed by atoms with Crippen molar-refractivity contribution in [1.82, 2.24) is 0 Å². The summed E-state index contributed by atoms with van der Waals surface area (Å²) in [5.41, 5.74) is 0. The molecule has 0 aliphatic rings. The fraction of sp³-hybridized carbons (Fsp3) is 0.267. The van der Waals surface area contributed by atoms with Crippen LogP contribution < -0.4 is 0 Å². The normalized spacial score (nSPS) is 13.1. The van der Waals surface area contributed by atoms with E-state index in [9.17, 15) is 13.2 Å². The van der Waals surface area contributed by atoms with Crippen LogP contribution in [-0.4, -0.2) is 26.7 Å². The number of carbonyl (C=O) groups is 1. The lowest BCUT2D eigenvalue weighted by atomic mass is 10.2. The molecule has 4 nitrogen and oxygen atoms in total. The van der Waals surface area contributed by atoms with E-state index in [4.69, 9.17) is 0 Å². The second-order valence-corrected chi connectivity index (χ2v) is 6.24. The second kappa shape index (κ2) is 7.65. The molecule has 0 aromatic heterocycles. The highest BCUT2D eigenvalue weighted by atomic mass is 32.2. The van der Waals surface area contributed by atoms with E-state index in [0.29, 0.717) is 6.42 Å². The van der Waals surface area contributed by atoms with Crippen LogP contribution in [0, 0.1) is 0 Å². The number of hydrogen-bond donors (Lipinski definition) is 0. The summed E-state index contributed by atoms with van der Waals surface area (Å²) < 4.78 is 29.5. The molecular weight excluding hydrogens is 276 g/mol. The van der Waals surface area contributed by atoms with Crippen molar-refractivity contribution in [1.29, 1.82) is 0 Å². The van der Waals surface area contributed by atoms with Crippen LogP contribution in [0.4, 0.5) is 0 Å². The predicted octanol–water partition coefficient (Wildman–Crippen LogP) is 2.52. The highest BCUT2D eigenvalue weighted by Crippen LogP contribution is 2.20. The molecule has 1 aromatic carbocycles. The molecule has 0 radical (unpaired) electrons. The maximum absolute atomic E-state index is 12.5. The average molecular weight is 294 g/mol. The maximum Gasteiger partial charge on any atom is 0.324 e. The Kier molecular flexibility index (Phi) is 6.18. The predicted molar refractivity (Wildman–Crippen MR) is 78.0 cm³/mol. The van der Waals surface area contributed by atoms with Gasteiger partial charge in [-0.15, -0.1) is 0 Å². The molecule has 108 valence electrons. The van der Waals surface area contributed by atoms with Crippen molar-refractivity contribution in [3.63, 3.8) is 0 Å². The molecule has 1 rings (SSSR count). The molecule has 0 fully saturated rings. The van der Waals surface area contributed by atoms with Crippen LogP contribution >= 0.6 is 0 Å². The van der Waals surface area contributed by atoms with E-state index in [1.807, 2.05) is 0 Å². The van der Waals surface area contributed by atoms with Gasteiger partial charge in [0.05, 0.1) is 12.0 Å². The van der Waals surface area contributed by atoms with Gasteiger partial charge in [-0.05, 0) is 25.0 Å². The molecule has 0 saturated heterocycles. The third kappa shape index (κ3) is 4.06. The first-order chi connectivity index (χ1) is 9.54. The summed E-state index contributed by atoms with van der Waals surface area (Å²) in [6, 6.07) is 7.92. The molecule has 1 unspecified atom stereocenters. The zero-order valence-electron chi connectivity index (χ0n) is 11.4. The summed E-state index contributed by atoms with van der Waals surface area (Å²) in [4.78, 5) is 11.9. The standard InChI is InChI=1S/C15H18O4S/c1-3-4-5-9-12-14(15(16)19-2)20(17,18)13-10-7-6-8-11-13/h3-8,10-11,14H,1,9,12H2,2H3/b5-4+. The Morgan fingerprint density at radius 2 is 2.00 bits per heavy atom. The number of carbonyl (C=O) groups excluding carboxylic acids is 1. The molecule has 20 heavy (non-hydrogen) atoms. The quantitative estimate of drug-likeness (QED) is 0.572. The largest absolute Gasteiger partial charge is 0.468 e. The van der Waals surface area contributed by atoms with E-state index in [1.165, 1.54) is 19.2 Å². The highest BCUT2D eigenvalue weighted by Gasteiger charge is 2.34. The van der Waals surface area contributed by atoms with E-state index in [0.717, 1.165) is 0 Å². The smallest absolute Gasteiger partial charge is 0.324 e. The number of methoxy groups -OCH3 is 1. The summed E-state index contributed by atoms with van der Waals surface area (Å²) in [6.45, 7) is 3.53. The van der Waals surface area contributed by atoms with Crippen LogP contribution in [0.3, 0.4) is 0 Å². The molecule has 5 heteroatoms. The summed E-state index contributed by atoms with van der Waals surface area (Å²) in [7, 11) is -2.54. The Labute approximate surface area is 119 Å². The minimum absolute atomic E-state index is 0.128. The molecule has 0 amide bonds. The van der Waals surface area contributed by atoms with Gasteiger partial charge in [0.1, 0.15) is 0 Å². The SMILES string of the molecule is C=C/C=C/CCC(C(=O)OC)S(=O)(=O)c1ccccc1. The van der Waals surface area contributed by atoms with Crippen molar-refractivity contribution in [2.75, 3.05) is 7.11 Å². The fourth-order valence-corrected chi connectivity index (χ4v) is 3.41. The number of rotatable bonds is 7. The van der Waals surface area contributed by atoms with Gasteiger partial charge < -0.3 is 4.74 Å². The fourth-order valence-electron chi connectivity index (χ4n) is 1.75. The van der Waals surface area contributed by atoms with Gasteiger partial charge in [-0.2, -0.15) is 0 Å². The average Bonchev–Trinajstić information content (AvgIpc) is 2.47. The first-order valence-corrected chi connectivity index (χ1v) is 7.73. The van der Waals surface area contributed by atoms with E-state index in [-0.39, 0.29) is 11.3 Å². The van der Waals surface area contributed by atoms with Crippen molar-refractivity contribution in [3.05, 3.63) is 55.1 Å². The van der Waals surface area contributed by atoms with Gasteiger partial charge in [0.25, 0.3) is 0 Å². The summed E-state index contributed by atoms with van der Waals surface area (Å²) in [6.07, 6.45) is 5.71. The Hall–Kier alpha value is -1.88.